The zero-order valence-corrected chi connectivity index (χ0v) is 10.6. The Hall–Kier alpha value is -0.890. The minimum atomic E-state index is -0.384. The lowest BCUT2D eigenvalue weighted by atomic mass is 10.2. The molecule has 1 unspecified atom stereocenters. The van der Waals surface area contributed by atoms with E-state index in [2.05, 4.69) is 27.9 Å². The molecule has 16 heavy (non-hydrogen) atoms. The summed E-state index contributed by atoms with van der Waals surface area (Å²) in [4.78, 5) is 10.2. The number of non-ortho nitro benzene ring substituents is 1. The van der Waals surface area contributed by atoms with Crippen LogP contribution in [-0.4, -0.2) is 24.2 Å². The zero-order valence-electron chi connectivity index (χ0n) is 8.48. The van der Waals surface area contributed by atoms with E-state index in [1.807, 2.05) is 0 Å². The minimum Gasteiger partial charge on any atom is -0.379 e. The van der Waals surface area contributed by atoms with Gasteiger partial charge >= 0.3 is 0 Å². The molecule has 1 heterocycles. The summed E-state index contributed by atoms with van der Waals surface area (Å²) in [5, 5.41) is 13.9. The molecule has 1 aliphatic heterocycles. The number of rotatable bonds is 3. The maximum atomic E-state index is 10.6. The molecule has 0 bridgehead atoms. The van der Waals surface area contributed by atoms with Crippen molar-refractivity contribution >= 4 is 34.0 Å². The molecular formula is C10H11IN2O3. The summed E-state index contributed by atoms with van der Waals surface area (Å²) in [6.45, 7) is 1.48. The lowest BCUT2D eigenvalue weighted by molar-refractivity contribution is -0.384. The number of benzene rings is 1. The van der Waals surface area contributed by atoms with Crippen molar-refractivity contribution in [2.75, 3.05) is 18.5 Å². The molecule has 2 rings (SSSR count). The van der Waals surface area contributed by atoms with Crippen LogP contribution in [0, 0.1) is 13.7 Å². The fourth-order valence-electron chi connectivity index (χ4n) is 1.60. The van der Waals surface area contributed by atoms with Crippen LogP contribution in [0.4, 0.5) is 11.4 Å². The van der Waals surface area contributed by atoms with Crippen molar-refractivity contribution in [3.63, 3.8) is 0 Å². The van der Waals surface area contributed by atoms with Crippen molar-refractivity contribution in [2.24, 2.45) is 0 Å². The minimum absolute atomic E-state index is 0.123. The lowest BCUT2D eigenvalue weighted by Crippen LogP contribution is -2.19. The first-order valence-electron chi connectivity index (χ1n) is 4.95. The standard InChI is InChI=1S/C10H11IN2O3/c11-9-5-8(13(14)15)1-2-10(9)12-7-3-4-16-6-7/h1-2,5,7,12H,3-4,6H2. The van der Waals surface area contributed by atoms with Crippen LogP contribution in [0.2, 0.25) is 0 Å². The number of anilines is 1. The Balaban J connectivity index is 2.12. The summed E-state index contributed by atoms with van der Waals surface area (Å²) in [6, 6.07) is 5.15. The van der Waals surface area contributed by atoms with Gasteiger partial charge in [0.25, 0.3) is 5.69 Å². The number of halogens is 1. The molecule has 0 radical (unpaired) electrons. The SMILES string of the molecule is O=[N+]([O-])c1ccc(NC2CCOC2)c(I)c1. The van der Waals surface area contributed by atoms with Gasteiger partial charge in [0, 0.05) is 28.0 Å². The van der Waals surface area contributed by atoms with E-state index in [-0.39, 0.29) is 10.6 Å². The van der Waals surface area contributed by atoms with Gasteiger partial charge in [-0.2, -0.15) is 0 Å². The van der Waals surface area contributed by atoms with Gasteiger partial charge in [-0.05, 0) is 35.1 Å². The average Bonchev–Trinajstić information content (AvgIpc) is 2.73. The highest BCUT2D eigenvalue weighted by molar-refractivity contribution is 14.1. The summed E-state index contributed by atoms with van der Waals surface area (Å²) in [7, 11) is 0. The Bertz CT molecular complexity index is 405. The molecule has 1 aromatic rings. The second kappa shape index (κ2) is 4.96. The van der Waals surface area contributed by atoms with Crippen LogP contribution in [0.5, 0.6) is 0 Å². The molecule has 1 N–H and O–H groups in total. The van der Waals surface area contributed by atoms with Crippen LogP contribution in [0.1, 0.15) is 6.42 Å². The fourth-order valence-corrected chi connectivity index (χ4v) is 2.26. The van der Waals surface area contributed by atoms with Crippen LogP contribution in [-0.2, 0) is 4.74 Å². The average molecular weight is 334 g/mol. The van der Waals surface area contributed by atoms with Crippen LogP contribution < -0.4 is 5.32 Å². The van der Waals surface area contributed by atoms with Crippen molar-refractivity contribution < 1.29 is 9.66 Å². The van der Waals surface area contributed by atoms with E-state index in [4.69, 9.17) is 4.74 Å². The summed E-state index contributed by atoms with van der Waals surface area (Å²) in [6.07, 6.45) is 0.979. The smallest absolute Gasteiger partial charge is 0.270 e. The Morgan fingerprint density at radius 2 is 2.38 bits per heavy atom. The number of hydrogen-bond donors (Lipinski definition) is 1. The van der Waals surface area contributed by atoms with E-state index >= 15 is 0 Å². The summed E-state index contributed by atoms with van der Waals surface area (Å²) in [5.74, 6) is 0. The van der Waals surface area contributed by atoms with Gasteiger partial charge < -0.3 is 10.1 Å². The Labute approximate surface area is 106 Å². The molecule has 1 aliphatic rings. The molecule has 0 saturated carbocycles. The lowest BCUT2D eigenvalue weighted by Gasteiger charge is -2.13. The molecule has 1 fully saturated rings. The second-order valence-corrected chi connectivity index (χ2v) is 4.79. The molecule has 0 amide bonds. The molecule has 1 saturated heterocycles. The first kappa shape index (κ1) is 11.6. The molecule has 5 nitrogen and oxygen atoms in total. The number of nitrogens with one attached hydrogen (secondary N) is 1. The summed E-state index contributed by atoms with van der Waals surface area (Å²) < 4.78 is 6.12. The van der Waals surface area contributed by atoms with E-state index in [9.17, 15) is 10.1 Å². The highest BCUT2D eigenvalue weighted by Crippen LogP contribution is 2.25. The topological polar surface area (TPSA) is 64.4 Å². The van der Waals surface area contributed by atoms with Gasteiger partial charge in [0.1, 0.15) is 0 Å². The molecule has 0 aromatic heterocycles. The van der Waals surface area contributed by atoms with Gasteiger partial charge in [-0.1, -0.05) is 0 Å². The molecular weight excluding hydrogens is 323 g/mol. The summed E-state index contributed by atoms with van der Waals surface area (Å²) >= 11 is 2.10. The van der Waals surface area contributed by atoms with Crippen molar-refractivity contribution in [3.8, 4) is 0 Å². The number of nitro benzene ring substituents is 1. The van der Waals surface area contributed by atoms with Crippen LogP contribution in [0.25, 0.3) is 0 Å². The molecule has 0 spiro atoms. The monoisotopic (exact) mass is 334 g/mol. The molecule has 0 aliphatic carbocycles. The number of hydrogen-bond acceptors (Lipinski definition) is 4. The van der Waals surface area contributed by atoms with Gasteiger partial charge in [0.2, 0.25) is 0 Å². The van der Waals surface area contributed by atoms with E-state index < -0.39 is 0 Å². The molecule has 6 heteroatoms. The van der Waals surface area contributed by atoms with Gasteiger partial charge in [-0.25, -0.2) is 0 Å². The fraction of sp³-hybridized carbons (Fsp3) is 0.400. The molecule has 86 valence electrons. The maximum Gasteiger partial charge on any atom is 0.270 e. The van der Waals surface area contributed by atoms with Crippen LogP contribution in [0.15, 0.2) is 18.2 Å². The predicted molar refractivity (Wildman–Crippen MR) is 68.7 cm³/mol. The normalized spacial score (nSPS) is 19.7. The van der Waals surface area contributed by atoms with Gasteiger partial charge in [-0.15, -0.1) is 0 Å². The van der Waals surface area contributed by atoms with Crippen molar-refractivity contribution in [1.29, 1.82) is 0 Å². The van der Waals surface area contributed by atoms with Gasteiger partial charge in [0.05, 0.1) is 17.6 Å². The van der Waals surface area contributed by atoms with Crippen LogP contribution in [0.3, 0.4) is 0 Å². The Kier molecular flexibility index (Phi) is 3.59. The first-order valence-corrected chi connectivity index (χ1v) is 6.03. The first-order chi connectivity index (χ1) is 7.66. The Morgan fingerprint density at radius 3 is 2.94 bits per heavy atom. The third-order valence-corrected chi connectivity index (χ3v) is 3.35. The summed E-state index contributed by atoms with van der Waals surface area (Å²) in [5.41, 5.74) is 1.05. The van der Waals surface area contributed by atoms with E-state index in [0.29, 0.717) is 12.6 Å². The highest BCUT2D eigenvalue weighted by atomic mass is 127. The highest BCUT2D eigenvalue weighted by Gasteiger charge is 2.17. The van der Waals surface area contributed by atoms with Gasteiger partial charge in [0.15, 0.2) is 0 Å². The maximum absolute atomic E-state index is 10.6. The third-order valence-electron chi connectivity index (χ3n) is 2.45. The number of nitrogens with zero attached hydrogens (tertiary/aromatic N) is 1. The van der Waals surface area contributed by atoms with Gasteiger partial charge in [-0.3, -0.25) is 10.1 Å². The second-order valence-electron chi connectivity index (χ2n) is 3.63. The van der Waals surface area contributed by atoms with E-state index in [0.717, 1.165) is 22.3 Å². The predicted octanol–water partition coefficient (Wildman–Crippen LogP) is 2.40. The quantitative estimate of drug-likeness (QED) is 0.524. The molecule has 1 aromatic carbocycles. The van der Waals surface area contributed by atoms with Crippen molar-refractivity contribution in [2.45, 2.75) is 12.5 Å². The molecule has 1 atom stereocenters. The van der Waals surface area contributed by atoms with Crippen molar-refractivity contribution in [3.05, 3.63) is 31.9 Å². The largest absolute Gasteiger partial charge is 0.379 e. The number of ether oxygens (including phenoxy) is 1. The van der Waals surface area contributed by atoms with Crippen LogP contribution >= 0.6 is 22.6 Å². The van der Waals surface area contributed by atoms with E-state index in [1.54, 1.807) is 12.1 Å². The zero-order chi connectivity index (χ0) is 11.5. The third kappa shape index (κ3) is 2.62. The van der Waals surface area contributed by atoms with Crippen molar-refractivity contribution in [1.82, 2.24) is 0 Å². The number of nitro groups is 1. The Morgan fingerprint density at radius 1 is 1.56 bits per heavy atom. The van der Waals surface area contributed by atoms with E-state index in [1.165, 1.54) is 6.07 Å².